The molecule has 43 heavy (non-hydrogen) atoms. The molecule has 0 aliphatic rings. The SMILES string of the molecule is Cc1cccc(-c2ccc(-c3nc(-c4ccc(-c5ccccc5)cc4)nc(-c4ccc(-c5ccccc5)cc4)n3)cc2)c1. The van der Waals surface area contributed by atoms with E-state index in [9.17, 15) is 0 Å². The number of rotatable bonds is 6. The van der Waals surface area contributed by atoms with Crippen LogP contribution in [0.2, 0.25) is 0 Å². The number of benzene rings is 6. The third-order valence-corrected chi connectivity index (χ3v) is 7.63. The summed E-state index contributed by atoms with van der Waals surface area (Å²) in [6.45, 7) is 2.12. The average Bonchev–Trinajstić information content (AvgIpc) is 3.09. The van der Waals surface area contributed by atoms with E-state index in [2.05, 4.69) is 153 Å². The Labute approximate surface area is 252 Å². The Balaban J connectivity index is 1.28. The lowest BCUT2D eigenvalue weighted by Crippen LogP contribution is -2.00. The zero-order valence-electron chi connectivity index (χ0n) is 23.9. The molecule has 6 aromatic carbocycles. The number of aromatic nitrogens is 3. The van der Waals surface area contributed by atoms with Crippen LogP contribution in [0, 0.1) is 6.92 Å². The van der Waals surface area contributed by atoms with E-state index in [4.69, 9.17) is 15.0 Å². The zero-order chi connectivity index (χ0) is 29.0. The van der Waals surface area contributed by atoms with Crippen molar-refractivity contribution in [1.29, 1.82) is 0 Å². The fourth-order valence-corrected chi connectivity index (χ4v) is 5.28. The summed E-state index contributed by atoms with van der Waals surface area (Å²) in [5.74, 6) is 1.94. The van der Waals surface area contributed by atoms with Crippen LogP contribution < -0.4 is 0 Å². The van der Waals surface area contributed by atoms with Gasteiger partial charge in [-0.25, -0.2) is 15.0 Å². The van der Waals surface area contributed by atoms with Crippen molar-refractivity contribution in [2.75, 3.05) is 0 Å². The van der Waals surface area contributed by atoms with Gasteiger partial charge < -0.3 is 0 Å². The van der Waals surface area contributed by atoms with Crippen molar-refractivity contribution < 1.29 is 0 Å². The van der Waals surface area contributed by atoms with Crippen LogP contribution in [0.4, 0.5) is 0 Å². The highest BCUT2D eigenvalue weighted by Crippen LogP contribution is 2.30. The van der Waals surface area contributed by atoms with Crippen LogP contribution in [0.25, 0.3) is 67.5 Å². The van der Waals surface area contributed by atoms with Crippen molar-refractivity contribution in [2.24, 2.45) is 0 Å². The molecule has 7 rings (SSSR count). The maximum Gasteiger partial charge on any atom is 0.164 e. The van der Waals surface area contributed by atoms with E-state index in [1.807, 2.05) is 12.1 Å². The van der Waals surface area contributed by atoms with Crippen LogP contribution in [0.1, 0.15) is 5.56 Å². The first-order valence-corrected chi connectivity index (χ1v) is 14.4. The molecule has 0 fully saturated rings. The quantitative estimate of drug-likeness (QED) is 0.206. The smallest absolute Gasteiger partial charge is 0.164 e. The van der Waals surface area contributed by atoms with Crippen LogP contribution in [-0.2, 0) is 0 Å². The third-order valence-electron chi connectivity index (χ3n) is 7.63. The predicted molar refractivity (Wildman–Crippen MR) is 177 cm³/mol. The van der Waals surface area contributed by atoms with E-state index < -0.39 is 0 Å². The van der Waals surface area contributed by atoms with Gasteiger partial charge in [-0.15, -0.1) is 0 Å². The molecule has 0 saturated carbocycles. The Morgan fingerprint density at radius 3 is 0.953 bits per heavy atom. The predicted octanol–water partition coefficient (Wildman–Crippen LogP) is 10.2. The molecule has 3 nitrogen and oxygen atoms in total. The Morgan fingerprint density at radius 2 is 0.581 bits per heavy atom. The lowest BCUT2D eigenvalue weighted by molar-refractivity contribution is 1.07. The highest BCUT2D eigenvalue weighted by Gasteiger charge is 2.13. The van der Waals surface area contributed by atoms with Gasteiger partial charge in [0.25, 0.3) is 0 Å². The first-order valence-electron chi connectivity index (χ1n) is 14.4. The summed E-state index contributed by atoms with van der Waals surface area (Å²) in [4.78, 5) is 14.9. The Hall–Kier alpha value is -5.67. The van der Waals surface area contributed by atoms with Gasteiger partial charge >= 0.3 is 0 Å². The molecule has 0 atom stereocenters. The second-order valence-corrected chi connectivity index (χ2v) is 10.6. The summed E-state index contributed by atoms with van der Waals surface area (Å²) in [6.07, 6.45) is 0. The minimum Gasteiger partial charge on any atom is -0.208 e. The molecule has 0 spiro atoms. The fourth-order valence-electron chi connectivity index (χ4n) is 5.28. The first-order chi connectivity index (χ1) is 21.2. The highest BCUT2D eigenvalue weighted by atomic mass is 15.0. The third kappa shape index (κ3) is 5.74. The molecule has 1 heterocycles. The number of aryl methyl sites for hydroxylation is 1. The maximum absolute atomic E-state index is 4.96. The largest absolute Gasteiger partial charge is 0.208 e. The summed E-state index contributed by atoms with van der Waals surface area (Å²) in [5.41, 5.74) is 11.1. The van der Waals surface area contributed by atoms with Crippen LogP contribution in [-0.4, -0.2) is 15.0 Å². The normalized spacial score (nSPS) is 10.9. The number of nitrogens with zero attached hydrogens (tertiary/aromatic N) is 3. The van der Waals surface area contributed by atoms with Gasteiger partial charge in [0.1, 0.15) is 0 Å². The molecule has 1 aromatic heterocycles. The summed E-state index contributed by atoms with van der Waals surface area (Å²) < 4.78 is 0. The highest BCUT2D eigenvalue weighted by molar-refractivity contribution is 5.73. The molecule has 204 valence electrons. The van der Waals surface area contributed by atoms with Crippen LogP contribution >= 0.6 is 0 Å². The summed E-state index contributed by atoms with van der Waals surface area (Å²) in [7, 11) is 0. The van der Waals surface area contributed by atoms with Gasteiger partial charge in [0, 0.05) is 16.7 Å². The van der Waals surface area contributed by atoms with Gasteiger partial charge in [0.2, 0.25) is 0 Å². The molecule has 7 aromatic rings. The van der Waals surface area contributed by atoms with Crippen LogP contribution in [0.5, 0.6) is 0 Å². The Morgan fingerprint density at radius 1 is 0.279 bits per heavy atom. The van der Waals surface area contributed by atoms with Crippen molar-refractivity contribution >= 4 is 0 Å². The number of hydrogen-bond acceptors (Lipinski definition) is 3. The molecule has 0 aliphatic carbocycles. The molecule has 0 unspecified atom stereocenters. The van der Waals surface area contributed by atoms with Gasteiger partial charge in [-0.1, -0.05) is 163 Å². The molecular formula is C40H29N3. The van der Waals surface area contributed by atoms with Gasteiger partial charge in [-0.3, -0.25) is 0 Å². The minimum absolute atomic E-state index is 0.648. The van der Waals surface area contributed by atoms with Crippen molar-refractivity contribution in [2.45, 2.75) is 6.92 Å². The molecule has 0 N–H and O–H groups in total. The Bertz CT molecular complexity index is 1880. The molecule has 0 aliphatic heterocycles. The monoisotopic (exact) mass is 551 g/mol. The van der Waals surface area contributed by atoms with Crippen LogP contribution in [0.15, 0.2) is 158 Å². The second-order valence-electron chi connectivity index (χ2n) is 10.6. The lowest BCUT2D eigenvalue weighted by Gasteiger charge is -2.10. The molecule has 0 saturated heterocycles. The first kappa shape index (κ1) is 26.2. The number of hydrogen-bond donors (Lipinski definition) is 0. The van der Waals surface area contributed by atoms with Gasteiger partial charge in [-0.05, 0) is 40.3 Å². The summed E-state index contributed by atoms with van der Waals surface area (Å²) in [6, 6.07) is 54.6. The summed E-state index contributed by atoms with van der Waals surface area (Å²) >= 11 is 0. The van der Waals surface area contributed by atoms with Crippen LogP contribution in [0.3, 0.4) is 0 Å². The van der Waals surface area contributed by atoms with Crippen molar-refractivity contribution in [3.63, 3.8) is 0 Å². The van der Waals surface area contributed by atoms with Crippen molar-refractivity contribution in [3.8, 4) is 67.5 Å². The van der Waals surface area contributed by atoms with Gasteiger partial charge in [-0.2, -0.15) is 0 Å². The van der Waals surface area contributed by atoms with E-state index in [0.29, 0.717) is 17.5 Å². The molecule has 0 amide bonds. The van der Waals surface area contributed by atoms with E-state index in [0.717, 1.165) is 33.4 Å². The van der Waals surface area contributed by atoms with E-state index >= 15 is 0 Å². The lowest BCUT2D eigenvalue weighted by atomic mass is 10.0. The molecular weight excluding hydrogens is 522 g/mol. The fraction of sp³-hybridized carbons (Fsp3) is 0.0250. The second kappa shape index (κ2) is 11.7. The molecule has 0 bridgehead atoms. The standard InChI is InChI=1S/C40H29N3/c1-28-9-8-14-37(27-28)33-19-25-36(26-20-33)40-42-38(34-21-15-31(16-22-34)29-10-4-2-5-11-29)41-39(43-40)35-23-17-32(18-24-35)30-12-6-3-7-13-30/h2-27H,1H3. The van der Waals surface area contributed by atoms with E-state index in [1.165, 1.54) is 22.3 Å². The van der Waals surface area contributed by atoms with E-state index in [1.54, 1.807) is 0 Å². The average molecular weight is 552 g/mol. The van der Waals surface area contributed by atoms with E-state index in [-0.39, 0.29) is 0 Å². The van der Waals surface area contributed by atoms with Crippen molar-refractivity contribution in [1.82, 2.24) is 15.0 Å². The maximum atomic E-state index is 4.96. The zero-order valence-corrected chi connectivity index (χ0v) is 23.9. The molecule has 3 heteroatoms. The van der Waals surface area contributed by atoms with Gasteiger partial charge in [0.15, 0.2) is 17.5 Å². The molecule has 0 radical (unpaired) electrons. The van der Waals surface area contributed by atoms with Gasteiger partial charge in [0.05, 0.1) is 0 Å². The Kier molecular flexibility index (Phi) is 7.12. The summed E-state index contributed by atoms with van der Waals surface area (Å²) in [5, 5.41) is 0. The minimum atomic E-state index is 0.648. The topological polar surface area (TPSA) is 38.7 Å². The van der Waals surface area contributed by atoms with Crippen molar-refractivity contribution in [3.05, 3.63) is 163 Å².